The average molecular weight is 421 g/mol. The van der Waals surface area contributed by atoms with Crippen molar-refractivity contribution in [2.24, 2.45) is 11.7 Å². The Balaban J connectivity index is 1.88. The Hall–Kier alpha value is -2.46. The Labute approximate surface area is 177 Å². The number of rotatable bonds is 11. The zero-order chi connectivity index (χ0) is 21.9. The molecule has 0 aromatic heterocycles. The van der Waals surface area contributed by atoms with E-state index in [4.69, 9.17) is 19.9 Å². The van der Waals surface area contributed by atoms with Crippen LogP contribution in [0, 0.1) is 5.92 Å². The Morgan fingerprint density at radius 1 is 1.23 bits per heavy atom. The van der Waals surface area contributed by atoms with Crippen LogP contribution in [0.5, 0.6) is 11.5 Å². The standard InChI is InChI=1S/C20H32BN3O6/c1-28-16-10-9-14(12-17(16)29-2)13-23-20(26)30-21(27)18(8-5-11-22)24-19(25)15-6-3-4-7-15/h9-10,12,15,18,27H,3-8,11,13,22H2,1-2H3,(H,23,26)(H,24,25). The van der Waals surface area contributed by atoms with Gasteiger partial charge in [-0.1, -0.05) is 18.9 Å². The lowest BCUT2D eigenvalue weighted by Gasteiger charge is -2.22. The Morgan fingerprint density at radius 2 is 1.93 bits per heavy atom. The number of hydrogen-bond donors (Lipinski definition) is 4. The monoisotopic (exact) mass is 421 g/mol. The molecule has 1 aromatic carbocycles. The number of nitrogens with two attached hydrogens (primary N) is 1. The normalized spacial score (nSPS) is 14.7. The molecule has 166 valence electrons. The summed E-state index contributed by atoms with van der Waals surface area (Å²) >= 11 is 0. The van der Waals surface area contributed by atoms with Crippen molar-refractivity contribution >= 4 is 19.1 Å². The second-order valence-electron chi connectivity index (χ2n) is 7.37. The molecule has 0 bridgehead atoms. The van der Waals surface area contributed by atoms with Crippen LogP contribution >= 0.6 is 0 Å². The van der Waals surface area contributed by atoms with E-state index in [0.717, 1.165) is 31.2 Å². The van der Waals surface area contributed by atoms with Gasteiger partial charge in [0, 0.05) is 12.5 Å². The first kappa shape index (κ1) is 23.8. The van der Waals surface area contributed by atoms with Crippen LogP contribution in [0.2, 0.25) is 0 Å². The molecule has 0 aliphatic heterocycles. The Morgan fingerprint density at radius 3 is 2.57 bits per heavy atom. The first-order valence-corrected chi connectivity index (χ1v) is 10.3. The molecule has 1 atom stereocenters. The number of methoxy groups -OCH3 is 2. The molecule has 1 saturated carbocycles. The average Bonchev–Trinajstić information content (AvgIpc) is 3.29. The summed E-state index contributed by atoms with van der Waals surface area (Å²) in [7, 11) is 1.61. The van der Waals surface area contributed by atoms with Crippen molar-refractivity contribution in [3.8, 4) is 11.5 Å². The molecule has 10 heteroatoms. The van der Waals surface area contributed by atoms with Crippen molar-refractivity contribution in [3.63, 3.8) is 0 Å². The van der Waals surface area contributed by atoms with Crippen LogP contribution in [0.1, 0.15) is 44.1 Å². The quantitative estimate of drug-likeness (QED) is 0.397. The third-order valence-electron chi connectivity index (χ3n) is 5.23. The van der Waals surface area contributed by atoms with Gasteiger partial charge in [-0.15, -0.1) is 0 Å². The van der Waals surface area contributed by atoms with Gasteiger partial charge in [-0.3, -0.25) is 4.79 Å². The molecule has 1 unspecified atom stereocenters. The summed E-state index contributed by atoms with van der Waals surface area (Å²) < 4.78 is 15.5. The van der Waals surface area contributed by atoms with Gasteiger partial charge in [0.2, 0.25) is 5.91 Å². The molecule has 0 radical (unpaired) electrons. The van der Waals surface area contributed by atoms with E-state index in [0.29, 0.717) is 30.9 Å². The predicted octanol–water partition coefficient (Wildman–Crippen LogP) is 1.36. The highest BCUT2D eigenvalue weighted by molar-refractivity contribution is 6.47. The maximum absolute atomic E-state index is 12.4. The van der Waals surface area contributed by atoms with Gasteiger partial charge in [-0.25, -0.2) is 4.79 Å². The van der Waals surface area contributed by atoms with Gasteiger partial charge >= 0.3 is 13.2 Å². The smallest absolute Gasteiger partial charge is 0.493 e. The number of amides is 2. The van der Waals surface area contributed by atoms with Gasteiger partial charge in [-0.2, -0.15) is 0 Å². The predicted molar refractivity (Wildman–Crippen MR) is 113 cm³/mol. The zero-order valence-electron chi connectivity index (χ0n) is 17.7. The number of ether oxygens (including phenoxy) is 2. The van der Waals surface area contributed by atoms with Crippen molar-refractivity contribution in [1.82, 2.24) is 10.6 Å². The number of carbonyl (C=O) groups excluding carboxylic acids is 2. The highest BCUT2D eigenvalue weighted by Crippen LogP contribution is 2.27. The first-order valence-electron chi connectivity index (χ1n) is 10.3. The van der Waals surface area contributed by atoms with Crippen LogP contribution in [0.3, 0.4) is 0 Å². The van der Waals surface area contributed by atoms with E-state index in [1.165, 1.54) is 7.11 Å². The number of benzene rings is 1. The van der Waals surface area contributed by atoms with Gasteiger partial charge in [-0.05, 0) is 49.9 Å². The molecule has 1 aromatic rings. The summed E-state index contributed by atoms with van der Waals surface area (Å²) in [5, 5.41) is 15.8. The number of nitrogens with one attached hydrogen (secondary N) is 2. The van der Waals surface area contributed by atoms with Crippen molar-refractivity contribution in [1.29, 1.82) is 0 Å². The minimum Gasteiger partial charge on any atom is -0.493 e. The molecule has 9 nitrogen and oxygen atoms in total. The molecule has 30 heavy (non-hydrogen) atoms. The van der Waals surface area contributed by atoms with E-state index < -0.39 is 19.2 Å². The Bertz CT molecular complexity index is 699. The van der Waals surface area contributed by atoms with Crippen LogP contribution in [0.4, 0.5) is 4.79 Å². The molecule has 0 saturated heterocycles. The van der Waals surface area contributed by atoms with Gasteiger partial charge in [0.15, 0.2) is 11.5 Å². The molecular formula is C20H32BN3O6. The molecule has 1 fully saturated rings. The molecule has 0 spiro atoms. The van der Waals surface area contributed by atoms with E-state index in [2.05, 4.69) is 10.6 Å². The summed E-state index contributed by atoms with van der Waals surface area (Å²) in [6.45, 7) is 0.585. The molecule has 1 aliphatic carbocycles. The van der Waals surface area contributed by atoms with Crippen molar-refractivity contribution in [2.75, 3.05) is 20.8 Å². The molecule has 2 amide bonds. The fourth-order valence-corrected chi connectivity index (χ4v) is 3.51. The lowest BCUT2D eigenvalue weighted by molar-refractivity contribution is -0.125. The summed E-state index contributed by atoms with van der Waals surface area (Å²) in [6.07, 6.45) is 3.97. The van der Waals surface area contributed by atoms with E-state index in [-0.39, 0.29) is 18.4 Å². The maximum atomic E-state index is 12.4. The molecule has 2 rings (SSSR count). The molecule has 1 aliphatic rings. The van der Waals surface area contributed by atoms with E-state index in [9.17, 15) is 14.6 Å². The van der Waals surface area contributed by atoms with Crippen molar-refractivity contribution < 1.29 is 28.7 Å². The van der Waals surface area contributed by atoms with E-state index in [1.807, 2.05) is 0 Å². The topological polar surface area (TPSA) is 132 Å². The van der Waals surface area contributed by atoms with Crippen molar-refractivity contribution in [2.45, 2.75) is 51.0 Å². The van der Waals surface area contributed by atoms with Crippen LogP contribution in [0.15, 0.2) is 18.2 Å². The maximum Gasteiger partial charge on any atom is 0.549 e. The summed E-state index contributed by atoms with van der Waals surface area (Å²) in [5.74, 6) is 0.273. The minimum atomic E-state index is -1.47. The van der Waals surface area contributed by atoms with E-state index in [1.54, 1.807) is 25.3 Å². The third-order valence-corrected chi connectivity index (χ3v) is 5.23. The number of carbonyl (C=O) groups is 2. The summed E-state index contributed by atoms with van der Waals surface area (Å²) in [5.41, 5.74) is 6.33. The van der Waals surface area contributed by atoms with Crippen LogP contribution < -0.4 is 25.8 Å². The SMILES string of the molecule is COc1ccc(CNC(=O)OB(O)C(CCCN)NC(=O)C2CCCC2)cc1OC. The van der Waals surface area contributed by atoms with Crippen LogP contribution in [0.25, 0.3) is 0 Å². The lowest BCUT2D eigenvalue weighted by atomic mass is 9.75. The van der Waals surface area contributed by atoms with Gasteiger partial charge in [0.25, 0.3) is 0 Å². The molecule has 5 N–H and O–H groups in total. The van der Waals surface area contributed by atoms with Gasteiger partial charge in [0.1, 0.15) is 0 Å². The van der Waals surface area contributed by atoms with Gasteiger partial charge < -0.3 is 35.5 Å². The highest BCUT2D eigenvalue weighted by Gasteiger charge is 2.34. The minimum absolute atomic E-state index is 0.0449. The molecule has 0 heterocycles. The summed E-state index contributed by atoms with van der Waals surface area (Å²) in [6, 6.07) is 5.25. The van der Waals surface area contributed by atoms with E-state index >= 15 is 0 Å². The first-order chi connectivity index (χ1) is 14.5. The summed E-state index contributed by atoms with van der Waals surface area (Å²) in [4.78, 5) is 24.5. The highest BCUT2D eigenvalue weighted by atomic mass is 16.6. The second-order valence-corrected chi connectivity index (χ2v) is 7.37. The third kappa shape index (κ3) is 7.10. The zero-order valence-corrected chi connectivity index (χ0v) is 17.7. The Kier molecular flexibility index (Phi) is 9.76. The fourth-order valence-electron chi connectivity index (χ4n) is 3.51. The second kappa shape index (κ2) is 12.3. The van der Waals surface area contributed by atoms with Crippen LogP contribution in [-0.4, -0.2) is 50.8 Å². The van der Waals surface area contributed by atoms with Crippen molar-refractivity contribution in [3.05, 3.63) is 23.8 Å². The fraction of sp³-hybridized carbons (Fsp3) is 0.600. The largest absolute Gasteiger partial charge is 0.549 e. The number of hydrogen-bond acceptors (Lipinski definition) is 7. The van der Waals surface area contributed by atoms with Gasteiger partial charge in [0.05, 0.1) is 20.2 Å². The molecular weight excluding hydrogens is 389 g/mol. The lowest BCUT2D eigenvalue weighted by Crippen LogP contribution is -2.51. The van der Waals surface area contributed by atoms with Crippen LogP contribution in [-0.2, 0) is 16.0 Å².